The molecule has 0 bridgehead atoms. The van der Waals surface area contributed by atoms with Gasteiger partial charge in [0.25, 0.3) is 0 Å². The molecule has 26 heavy (non-hydrogen) atoms. The lowest BCUT2D eigenvalue weighted by atomic mass is 9.77. The van der Waals surface area contributed by atoms with Crippen LogP contribution < -0.4 is 0 Å². The number of likely N-dealkylation sites (tertiary alicyclic amines) is 1. The molecule has 0 unspecified atom stereocenters. The van der Waals surface area contributed by atoms with Gasteiger partial charge in [-0.3, -0.25) is 4.79 Å². The highest BCUT2D eigenvalue weighted by Gasteiger charge is 2.45. The van der Waals surface area contributed by atoms with E-state index in [1.54, 1.807) is 6.33 Å². The zero-order chi connectivity index (χ0) is 18.1. The third kappa shape index (κ3) is 3.08. The Kier molecular flexibility index (Phi) is 4.86. The maximum Gasteiger partial charge on any atom is 0.233 e. The van der Waals surface area contributed by atoms with E-state index in [1.807, 2.05) is 11.6 Å². The molecule has 2 aromatic rings. The van der Waals surface area contributed by atoms with Crippen molar-refractivity contribution in [2.75, 3.05) is 13.1 Å². The molecule has 2 fully saturated rings. The zero-order valence-electron chi connectivity index (χ0n) is 15.2. The molecule has 1 aliphatic heterocycles. The van der Waals surface area contributed by atoms with Crippen molar-refractivity contribution in [1.29, 1.82) is 0 Å². The highest BCUT2D eigenvalue weighted by atomic mass is 79.9. The van der Waals surface area contributed by atoms with Gasteiger partial charge in [-0.05, 0) is 43.4 Å². The number of hydrogen-bond acceptors (Lipinski definition) is 3. The summed E-state index contributed by atoms with van der Waals surface area (Å²) in [7, 11) is 1.99. The summed E-state index contributed by atoms with van der Waals surface area (Å²) in [6.07, 6.45) is 7.90. The highest BCUT2D eigenvalue weighted by molar-refractivity contribution is 9.10. The lowest BCUT2D eigenvalue weighted by Gasteiger charge is -2.38. The summed E-state index contributed by atoms with van der Waals surface area (Å²) in [6.45, 7) is 1.63. The summed E-state index contributed by atoms with van der Waals surface area (Å²) < 4.78 is 3.06. The second-order valence-electron chi connectivity index (χ2n) is 7.66. The van der Waals surface area contributed by atoms with Crippen LogP contribution in [0.3, 0.4) is 0 Å². The number of aromatic nitrogens is 3. The van der Waals surface area contributed by atoms with Crippen LogP contribution in [-0.2, 0) is 17.3 Å². The summed E-state index contributed by atoms with van der Waals surface area (Å²) in [5.41, 5.74) is 0.858. The van der Waals surface area contributed by atoms with Gasteiger partial charge in [0.1, 0.15) is 12.2 Å². The first-order valence-electron chi connectivity index (χ1n) is 9.49. The molecule has 138 valence electrons. The first kappa shape index (κ1) is 17.7. The standard InChI is InChI=1S/C20H25BrN4O/c1-24-14-22-23-18(24)15-8-12-25(13-9-15)19(26)20(10-2-3-11-20)16-4-6-17(21)7-5-16/h4-7,14-15H,2-3,8-13H2,1H3. The van der Waals surface area contributed by atoms with Crippen LogP contribution >= 0.6 is 15.9 Å². The monoisotopic (exact) mass is 416 g/mol. The molecule has 1 amide bonds. The van der Waals surface area contributed by atoms with E-state index >= 15 is 0 Å². The molecule has 0 radical (unpaired) electrons. The minimum absolute atomic E-state index is 0.321. The van der Waals surface area contributed by atoms with Gasteiger partial charge in [0.05, 0.1) is 5.41 Å². The Labute approximate surface area is 162 Å². The van der Waals surface area contributed by atoms with Gasteiger partial charge in [0, 0.05) is 30.5 Å². The minimum atomic E-state index is -0.321. The van der Waals surface area contributed by atoms with Gasteiger partial charge in [0.15, 0.2) is 0 Å². The van der Waals surface area contributed by atoms with E-state index in [2.05, 4.69) is 55.3 Å². The van der Waals surface area contributed by atoms with E-state index in [0.717, 1.165) is 61.9 Å². The number of piperidine rings is 1. The van der Waals surface area contributed by atoms with Crippen LogP contribution in [-0.4, -0.2) is 38.7 Å². The van der Waals surface area contributed by atoms with Crippen LogP contribution in [0.2, 0.25) is 0 Å². The van der Waals surface area contributed by atoms with E-state index in [4.69, 9.17) is 0 Å². The van der Waals surface area contributed by atoms with Crippen molar-refractivity contribution in [1.82, 2.24) is 19.7 Å². The Morgan fingerprint density at radius 1 is 1.15 bits per heavy atom. The second kappa shape index (κ2) is 7.14. The zero-order valence-corrected chi connectivity index (χ0v) is 16.8. The highest BCUT2D eigenvalue weighted by Crippen LogP contribution is 2.43. The van der Waals surface area contributed by atoms with Crippen molar-refractivity contribution in [3.05, 3.63) is 46.5 Å². The molecule has 5 nitrogen and oxygen atoms in total. The molecule has 4 rings (SSSR count). The molecule has 1 saturated heterocycles. The summed E-state index contributed by atoms with van der Waals surface area (Å²) >= 11 is 3.51. The fourth-order valence-corrected chi connectivity index (χ4v) is 4.94. The van der Waals surface area contributed by atoms with Crippen LogP contribution in [0.1, 0.15) is 55.8 Å². The molecule has 6 heteroatoms. The van der Waals surface area contributed by atoms with Crippen molar-refractivity contribution in [3.63, 3.8) is 0 Å². The average Bonchev–Trinajstić information content (AvgIpc) is 3.32. The first-order valence-corrected chi connectivity index (χ1v) is 10.3. The molecule has 0 atom stereocenters. The van der Waals surface area contributed by atoms with E-state index in [1.165, 1.54) is 5.56 Å². The maximum absolute atomic E-state index is 13.5. The predicted octanol–water partition coefficient (Wildman–Crippen LogP) is 3.80. The Morgan fingerprint density at radius 2 is 1.81 bits per heavy atom. The number of rotatable bonds is 3. The van der Waals surface area contributed by atoms with Gasteiger partial charge < -0.3 is 9.47 Å². The van der Waals surface area contributed by atoms with Gasteiger partial charge in [-0.2, -0.15) is 0 Å². The first-order chi connectivity index (χ1) is 12.6. The van der Waals surface area contributed by atoms with Gasteiger partial charge in [-0.15, -0.1) is 10.2 Å². The number of amides is 1. The van der Waals surface area contributed by atoms with Crippen LogP contribution in [0, 0.1) is 0 Å². The van der Waals surface area contributed by atoms with Gasteiger partial charge >= 0.3 is 0 Å². The molecule has 1 aromatic heterocycles. The third-order valence-corrected chi connectivity index (χ3v) is 6.69. The Morgan fingerprint density at radius 3 is 2.38 bits per heavy atom. The van der Waals surface area contributed by atoms with Gasteiger partial charge in [-0.25, -0.2) is 0 Å². The lowest BCUT2D eigenvalue weighted by molar-refractivity contribution is -0.138. The van der Waals surface area contributed by atoms with Crippen molar-refractivity contribution in [2.45, 2.75) is 49.9 Å². The number of aryl methyl sites for hydroxylation is 1. The summed E-state index contributed by atoms with van der Waals surface area (Å²) in [5.74, 6) is 1.77. The Bertz CT molecular complexity index is 771. The Hall–Kier alpha value is -1.69. The second-order valence-corrected chi connectivity index (χ2v) is 8.58. The molecule has 1 aliphatic carbocycles. The molecular formula is C20H25BrN4O. The number of hydrogen-bond donors (Lipinski definition) is 0. The normalized spacial score (nSPS) is 20.5. The molecule has 1 aromatic carbocycles. The minimum Gasteiger partial charge on any atom is -0.342 e. The fraction of sp³-hybridized carbons (Fsp3) is 0.550. The van der Waals surface area contributed by atoms with Gasteiger partial charge in [0.2, 0.25) is 5.91 Å². The van der Waals surface area contributed by atoms with E-state index in [0.29, 0.717) is 11.8 Å². The molecule has 2 heterocycles. The van der Waals surface area contributed by atoms with Gasteiger partial charge in [-0.1, -0.05) is 40.9 Å². The molecule has 1 saturated carbocycles. The average molecular weight is 417 g/mol. The SMILES string of the molecule is Cn1cnnc1C1CCN(C(=O)C2(c3ccc(Br)cc3)CCCC2)CC1. The largest absolute Gasteiger partial charge is 0.342 e. The van der Waals surface area contributed by atoms with E-state index in [9.17, 15) is 4.79 Å². The molecule has 2 aliphatic rings. The molecule has 0 spiro atoms. The van der Waals surface area contributed by atoms with Crippen molar-refractivity contribution in [2.24, 2.45) is 7.05 Å². The van der Waals surface area contributed by atoms with E-state index in [-0.39, 0.29) is 5.41 Å². The van der Waals surface area contributed by atoms with Crippen LogP contribution in [0.5, 0.6) is 0 Å². The smallest absolute Gasteiger partial charge is 0.233 e. The number of benzene rings is 1. The van der Waals surface area contributed by atoms with Crippen LogP contribution in [0.25, 0.3) is 0 Å². The summed E-state index contributed by atoms with van der Waals surface area (Å²) in [6, 6.07) is 8.37. The topological polar surface area (TPSA) is 51.0 Å². The quantitative estimate of drug-likeness (QED) is 0.764. The molecular weight excluding hydrogens is 392 g/mol. The number of carbonyl (C=O) groups excluding carboxylic acids is 1. The third-order valence-electron chi connectivity index (χ3n) is 6.16. The lowest BCUT2D eigenvalue weighted by Crippen LogP contribution is -2.48. The van der Waals surface area contributed by atoms with Crippen LogP contribution in [0.15, 0.2) is 35.1 Å². The predicted molar refractivity (Wildman–Crippen MR) is 104 cm³/mol. The fourth-order valence-electron chi connectivity index (χ4n) is 4.68. The van der Waals surface area contributed by atoms with Crippen molar-refractivity contribution < 1.29 is 4.79 Å². The van der Waals surface area contributed by atoms with Crippen LogP contribution in [0.4, 0.5) is 0 Å². The maximum atomic E-state index is 13.5. The Balaban J connectivity index is 1.51. The summed E-state index contributed by atoms with van der Waals surface area (Å²) in [4.78, 5) is 15.6. The van der Waals surface area contributed by atoms with E-state index < -0.39 is 0 Å². The number of carbonyl (C=O) groups is 1. The molecule has 0 N–H and O–H groups in total. The summed E-state index contributed by atoms with van der Waals surface area (Å²) in [5, 5.41) is 8.26. The van der Waals surface area contributed by atoms with Crippen molar-refractivity contribution in [3.8, 4) is 0 Å². The number of halogens is 1. The number of nitrogens with zero attached hydrogens (tertiary/aromatic N) is 4. The van der Waals surface area contributed by atoms with Crippen molar-refractivity contribution >= 4 is 21.8 Å².